The summed E-state index contributed by atoms with van der Waals surface area (Å²) < 4.78 is 23.0. The van der Waals surface area contributed by atoms with Gasteiger partial charge in [0.25, 0.3) is 6.43 Å². The van der Waals surface area contributed by atoms with Gasteiger partial charge < -0.3 is 16.3 Å². The Balaban J connectivity index is 3.61. The molecule has 0 aliphatic carbocycles. The lowest BCUT2D eigenvalue weighted by atomic mass is 10.4. The number of nitrogens with two attached hydrogens (primary N) is 1. The van der Waals surface area contributed by atoms with E-state index in [1.54, 1.807) is 0 Å². The maximum Gasteiger partial charge on any atom is 0.255 e. The van der Waals surface area contributed by atoms with Crippen molar-refractivity contribution in [2.45, 2.75) is 12.8 Å². The maximum atomic E-state index is 11.5. The van der Waals surface area contributed by atoms with Crippen LogP contribution in [0, 0.1) is 0 Å². The Labute approximate surface area is 67.2 Å². The van der Waals surface area contributed by atoms with Crippen LogP contribution in [-0.2, 0) is 4.79 Å². The molecule has 0 heterocycles. The Kier molecular flexibility index (Phi) is 4.66. The summed E-state index contributed by atoms with van der Waals surface area (Å²) in [7, 11) is 0. The van der Waals surface area contributed by atoms with Crippen LogP contribution in [-0.4, -0.2) is 29.9 Å². The van der Waals surface area contributed by atoms with Crippen molar-refractivity contribution in [1.29, 1.82) is 0 Å². The average Bonchev–Trinajstić information content (AvgIpc) is 2.00. The lowest BCUT2D eigenvalue weighted by Gasteiger charge is -2.02. The van der Waals surface area contributed by atoms with Crippen molar-refractivity contribution in [1.82, 2.24) is 5.32 Å². The molecule has 0 aromatic carbocycles. The van der Waals surface area contributed by atoms with Gasteiger partial charge in [0.15, 0.2) is 0 Å². The molecule has 0 rings (SSSR count). The van der Waals surface area contributed by atoms with Crippen molar-refractivity contribution in [3.8, 4) is 0 Å². The van der Waals surface area contributed by atoms with E-state index in [2.05, 4.69) is 5.16 Å². The van der Waals surface area contributed by atoms with E-state index in [1.807, 2.05) is 5.32 Å². The Morgan fingerprint density at radius 2 is 2.25 bits per heavy atom. The molecule has 0 spiro atoms. The van der Waals surface area contributed by atoms with E-state index < -0.39 is 18.9 Å². The Bertz CT molecular complexity index is 184. The normalized spacial score (nSPS) is 11.8. The van der Waals surface area contributed by atoms with Gasteiger partial charge in [0.2, 0.25) is 5.91 Å². The van der Waals surface area contributed by atoms with Crippen LogP contribution in [0.4, 0.5) is 8.78 Å². The van der Waals surface area contributed by atoms with Crippen LogP contribution in [0.5, 0.6) is 0 Å². The van der Waals surface area contributed by atoms with Crippen LogP contribution < -0.4 is 11.1 Å². The zero-order valence-corrected chi connectivity index (χ0v) is 6.13. The third-order valence-electron chi connectivity index (χ3n) is 0.924. The predicted octanol–water partition coefficient (Wildman–Crippen LogP) is -0.496. The average molecular weight is 181 g/mol. The fraction of sp³-hybridized carbons (Fsp3) is 0.600. The smallest absolute Gasteiger partial charge is 0.255 e. The number of carbonyl (C=O) groups excluding carboxylic acids is 1. The molecule has 0 fully saturated rings. The minimum Gasteiger partial charge on any atom is -0.409 e. The first-order chi connectivity index (χ1) is 5.56. The van der Waals surface area contributed by atoms with Gasteiger partial charge in [-0.05, 0) is 0 Å². The van der Waals surface area contributed by atoms with E-state index in [1.165, 1.54) is 0 Å². The zero-order valence-electron chi connectivity index (χ0n) is 6.13. The highest BCUT2D eigenvalue weighted by Crippen LogP contribution is 1.88. The molecule has 12 heavy (non-hydrogen) atoms. The van der Waals surface area contributed by atoms with Crippen LogP contribution in [0.2, 0.25) is 0 Å². The van der Waals surface area contributed by atoms with Crippen molar-refractivity contribution in [2.24, 2.45) is 10.9 Å². The van der Waals surface area contributed by atoms with E-state index in [9.17, 15) is 13.6 Å². The fourth-order valence-corrected chi connectivity index (χ4v) is 0.453. The first-order valence-electron chi connectivity index (χ1n) is 3.07. The molecule has 0 saturated heterocycles. The molecule has 4 N–H and O–H groups in total. The summed E-state index contributed by atoms with van der Waals surface area (Å²) in [4.78, 5) is 10.6. The Morgan fingerprint density at radius 1 is 1.67 bits per heavy atom. The Hall–Kier alpha value is -1.40. The molecule has 0 aliphatic rings. The molecule has 7 heteroatoms. The molecule has 0 atom stereocenters. The third kappa shape index (κ3) is 5.39. The molecule has 0 aromatic heterocycles. The van der Waals surface area contributed by atoms with E-state index in [0.29, 0.717) is 0 Å². The number of carbonyl (C=O) groups is 1. The number of nitrogens with one attached hydrogen (secondary N) is 1. The van der Waals surface area contributed by atoms with Gasteiger partial charge in [-0.3, -0.25) is 4.79 Å². The molecule has 0 unspecified atom stereocenters. The van der Waals surface area contributed by atoms with Crippen molar-refractivity contribution < 1.29 is 18.8 Å². The second-order valence-electron chi connectivity index (χ2n) is 1.96. The van der Waals surface area contributed by atoms with Gasteiger partial charge in [-0.1, -0.05) is 5.16 Å². The van der Waals surface area contributed by atoms with Crippen LogP contribution >= 0.6 is 0 Å². The van der Waals surface area contributed by atoms with Crippen LogP contribution in [0.25, 0.3) is 0 Å². The van der Waals surface area contributed by atoms with Crippen molar-refractivity contribution in [3.63, 3.8) is 0 Å². The van der Waals surface area contributed by atoms with Gasteiger partial charge in [0, 0.05) is 0 Å². The van der Waals surface area contributed by atoms with Gasteiger partial charge in [-0.15, -0.1) is 0 Å². The van der Waals surface area contributed by atoms with Crippen molar-refractivity contribution in [3.05, 3.63) is 0 Å². The predicted molar refractivity (Wildman–Crippen MR) is 37.0 cm³/mol. The third-order valence-corrected chi connectivity index (χ3v) is 0.924. The first-order valence-corrected chi connectivity index (χ1v) is 3.07. The molecule has 0 radical (unpaired) electrons. The number of hydrogen-bond donors (Lipinski definition) is 3. The van der Waals surface area contributed by atoms with Crippen LogP contribution in [0.15, 0.2) is 5.16 Å². The summed E-state index contributed by atoms with van der Waals surface area (Å²) in [5.74, 6) is -1.02. The number of nitrogens with zero attached hydrogens (tertiary/aromatic N) is 1. The van der Waals surface area contributed by atoms with Gasteiger partial charge >= 0.3 is 0 Å². The van der Waals surface area contributed by atoms with Crippen LogP contribution in [0.3, 0.4) is 0 Å². The number of hydrogen-bond acceptors (Lipinski definition) is 3. The highest BCUT2D eigenvalue weighted by molar-refractivity contribution is 5.98. The standard InChI is InChI=1S/C5H9F2N3O2/c6-3(7)2-9-5(11)1-4(8)10-12/h3,12H,1-2H2,(H2,8,10)(H,9,11). The molecule has 70 valence electrons. The summed E-state index contributed by atoms with van der Waals surface area (Å²) in [6.07, 6.45) is -2.98. The summed E-state index contributed by atoms with van der Waals surface area (Å²) in [5, 5.41) is 12.4. The molecule has 0 bridgehead atoms. The van der Waals surface area contributed by atoms with E-state index in [4.69, 9.17) is 10.9 Å². The number of amides is 1. The molecule has 0 aromatic rings. The second-order valence-corrected chi connectivity index (χ2v) is 1.96. The molecule has 1 amide bonds. The van der Waals surface area contributed by atoms with Crippen molar-refractivity contribution in [2.75, 3.05) is 6.54 Å². The van der Waals surface area contributed by atoms with Gasteiger partial charge in [0.05, 0.1) is 13.0 Å². The molecular weight excluding hydrogens is 172 g/mol. The minimum atomic E-state index is -2.60. The largest absolute Gasteiger partial charge is 0.409 e. The topological polar surface area (TPSA) is 87.7 Å². The number of alkyl halides is 2. The Morgan fingerprint density at radius 3 is 2.67 bits per heavy atom. The second kappa shape index (κ2) is 5.28. The van der Waals surface area contributed by atoms with Gasteiger partial charge in [0.1, 0.15) is 5.84 Å². The van der Waals surface area contributed by atoms with Gasteiger partial charge in [-0.25, -0.2) is 8.78 Å². The first kappa shape index (κ1) is 10.6. The SMILES string of the molecule is NC(CC(=O)NCC(F)F)=NO. The van der Waals surface area contributed by atoms with E-state index in [-0.39, 0.29) is 12.3 Å². The van der Waals surface area contributed by atoms with Gasteiger partial charge in [-0.2, -0.15) is 0 Å². The number of halogens is 2. The quantitative estimate of drug-likeness (QED) is 0.236. The summed E-state index contributed by atoms with van der Waals surface area (Å²) >= 11 is 0. The highest BCUT2D eigenvalue weighted by atomic mass is 19.3. The summed E-state index contributed by atoms with van der Waals surface area (Å²) in [6.45, 7) is -0.725. The number of amidine groups is 1. The zero-order chi connectivity index (χ0) is 9.56. The molecular formula is C5H9F2N3O2. The maximum absolute atomic E-state index is 11.5. The number of oxime groups is 1. The van der Waals surface area contributed by atoms with E-state index in [0.717, 1.165) is 0 Å². The minimum absolute atomic E-state index is 0.318. The molecule has 0 saturated carbocycles. The number of rotatable bonds is 4. The van der Waals surface area contributed by atoms with Crippen LogP contribution in [0.1, 0.15) is 6.42 Å². The monoisotopic (exact) mass is 181 g/mol. The summed E-state index contributed by atoms with van der Waals surface area (Å²) in [5.41, 5.74) is 4.93. The summed E-state index contributed by atoms with van der Waals surface area (Å²) in [6, 6.07) is 0. The lowest BCUT2D eigenvalue weighted by molar-refractivity contribution is -0.120. The fourth-order valence-electron chi connectivity index (χ4n) is 0.453. The van der Waals surface area contributed by atoms with E-state index >= 15 is 0 Å². The van der Waals surface area contributed by atoms with Crippen molar-refractivity contribution >= 4 is 11.7 Å². The lowest BCUT2D eigenvalue weighted by Crippen LogP contribution is -2.31. The molecule has 0 aliphatic heterocycles. The highest BCUT2D eigenvalue weighted by Gasteiger charge is 2.07. The molecule has 5 nitrogen and oxygen atoms in total.